The maximum atomic E-state index is 9.25. The van der Waals surface area contributed by atoms with E-state index in [1.54, 1.807) is 13.1 Å². The first-order valence-corrected chi connectivity index (χ1v) is 5.66. The molecular formula is C11H20N4O2. The van der Waals surface area contributed by atoms with Gasteiger partial charge in [-0.15, -0.1) is 0 Å². The highest BCUT2D eigenvalue weighted by atomic mass is 16.3. The van der Waals surface area contributed by atoms with Crippen molar-refractivity contribution >= 4 is 11.6 Å². The maximum absolute atomic E-state index is 9.25. The molecule has 0 aliphatic heterocycles. The summed E-state index contributed by atoms with van der Waals surface area (Å²) in [6.45, 7) is 4.02. The molecule has 0 bridgehead atoms. The van der Waals surface area contributed by atoms with E-state index in [0.29, 0.717) is 5.82 Å². The first-order valence-electron chi connectivity index (χ1n) is 5.66. The Morgan fingerprint density at radius 1 is 1.29 bits per heavy atom. The summed E-state index contributed by atoms with van der Waals surface area (Å²) in [6.07, 6.45) is -0.787. The SMILES string of the molecule is CNc1cc(NCC(O)CO)nc(C(C)C)n1. The van der Waals surface area contributed by atoms with Crippen LogP contribution >= 0.6 is 0 Å². The van der Waals surface area contributed by atoms with E-state index in [1.165, 1.54) is 0 Å². The topological polar surface area (TPSA) is 90.3 Å². The van der Waals surface area contributed by atoms with Gasteiger partial charge >= 0.3 is 0 Å². The summed E-state index contributed by atoms with van der Waals surface area (Å²) < 4.78 is 0. The third-order valence-corrected chi connectivity index (χ3v) is 2.25. The van der Waals surface area contributed by atoms with Crippen molar-refractivity contribution in [2.45, 2.75) is 25.9 Å². The fraction of sp³-hybridized carbons (Fsp3) is 0.636. The van der Waals surface area contributed by atoms with E-state index in [1.807, 2.05) is 13.8 Å². The van der Waals surface area contributed by atoms with Gasteiger partial charge in [-0.25, -0.2) is 9.97 Å². The largest absolute Gasteiger partial charge is 0.394 e. The molecule has 0 aromatic carbocycles. The lowest BCUT2D eigenvalue weighted by Crippen LogP contribution is -2.23. The van der Waals surface area contributed by atoms with Gasteiger partial charge in [0.05, 0.1) is 12.7 Å². The number of anilines is 2. The van der Waals surface area contributed by atoms with E-state index in [9.17, 15) is 5.11 Å². The molecule has 0 fully saturated rings. The summed E-state index contributed by atoms with van der Waals surface area (Å²) in [5, 5.41) is 23.9. The summed E-state index contributed by atoms with van der Waals surface area (Å²) in [4.78, 5) is 8.66. The molecule has 0 saturated heterocycles. The Kier molecular flexibility index (Phi) is 5.11. The van der Waals surface area contributed by atoms with E-state index < -0.39 is 6.10 Å². The standard InChI is InChI=1S/C11H20N4O2/c1-7(2)11-14-9(12-3)4-10(15-11)13-5-8(17)6-16/h4,7-8,16-17H,5-6H2,1-3H3,(H2,12,13,14,15). The van der Waals surface area contributed by atoms with E-state index >= 15 is 0 Å². The zero-order valence-corrected chi connectivity index (χ0v) is 10.4. The van der Waals surface area contributed by atoms with Gasteiger partial charge in [-0.2, -0.15) is 0 Å². The Morgan fingerprint density at radius 3 is 2.47 bits per heavy atom. The first kappa shape index (κ1) is 13.7. The third-order valence-electron chi connectivity index (χ3n) is 2.25. The van der Waals surface area contributed by atoms with Gasteiger partial charge in [0.1, 0.15) is 17.5 Å². The van der Waals surface area contributed by atoms with Crippen molar-refractivity contribution in [1.29, 1.82) is 0 Å². The molecule has 1 rings (SSSR count). The lowest BCUT2D eigenvalue weighted by Gasteiger charge is -2.13. The summed E-state index contributed by atoms with van der Waals surface area (Å²) in [7, 11) is 1.79. The Bertz CT molecular complexity index is 357. The summed E-state index contributed by atoms with van der Waals surface area (Å²) in [5.74, 6) is 2.33. The summed E-state index contributed by atoms with van der Waals surface area (Å²) >= 11 is 0. The van der Waals surface area contributed by atoms with E-state index in [0.717, 1.165) is 11.6 Å². The fourth-order valence-electron chi connectivity index (χ4n) is 1.23. The zero-order chi connectivity index (χ0) is 12.8. The van der Waals surface area contributed by atoms with Crippen molar-refractivity contribution in [3.05, 3.63) is 11.9 Å². The van der Waals surface area contributed by atoms with Crippen LogP contribution in [0.2, 0.25) is 0 Å². The van der Waals surface area contributed by atoms with Gasteiger partial charge in [0.2, 0.25) is 0 Å². The van der Waals surface area contributed by atoms with Gasteiger partial charge in [-0.1, -0.05) is 13.8 Å². The lowest BCUT2D eigenvalue weighted by atomic mass is 10.2. The smallest absolute Gasteiger partial charge is 0.135 e. The number of aliphatic hydroxyl groups is 2. The van der Waals surface area contributed by atoms with Gasteiger partial charge in [-0.3, -0.25) is 0 Å². The van der Waals surface area contributed by atoms with Crippen LogP contribution in [0.3, 0.4) is 0 Å². The molecule has 1 unspecified atom stereocenters. The average Bonchev–Trinajstić information content (AvgIpc) is 2.35. The highest BCUT2D eigenvalue weighted by molar-refractivity contribution is 5.47. The second-order valence-corrected chi connectivity index (χ2v) is 4.12. The molecule has 6 heteroatoms. The number of aliphatic hydroxyl groups excluding tert-OH is 2. The zero-order valence-electron chi connectivity index (χ0n) is 10.4. The second kappa shape index (κ2) is 6.36. The second-order valence-electron chi connectivity index (χ2n) is 4.12. The third kappa shape index (κ3) is 4.16. The average molecular weight is 240 g/mol. The van der Waals surface area contributed by atoms with Gasteiger partial charge in [0, 0.05) is 25.6 Å². The van der Waals surface area contributed by atoms with Crippen LogP contribution in [0, 0.1) is 0 Å². The number of aromatic nitrogens is 2. The molecule has 0 aliphatic carbocycles. The Balaban J connectivity index is 2.80. The van der Waals surface area contributed by atoms with Crippen molar-refractivity contribution in [3.8, 4) is 0 Å². The molecule has 1 aromatic rings. The van der Waals surface area contributed by atoms with Crippen molar-refractivity contribution < 1.29 is 10.2 Å². The minimum Gasteiger partial charge on any atom is -0.394 e. The Hall–Kier alpha value is -1.40. The number of hydrogen-bond acceptors (Lipinski definition) is 6. The highest BCUT2D eigenvalue weighted by Crippen LogP contribution is 2.16. The van der Waals surface area contributed by atoms with E-state index in [-0.39, 0.29) is 19.1 Å². The van der Waals surface area contributed by atoms with Crippen LogP contribution in [-0.2, 0) is 0 Å². The van der Waals surface area contributed by atoms with Crippen molar-refractivity contribution in [2.75, 3.05) is 30.8 Å². The molecule has 0 spiro atoms. The monoisotopic (exact) mass is 240 g/mol. The highest BCUT2D eigenvalue weighted by Gasteiger charge is 2.08. The van der Waals surface area contributed by atoms with E-state index in [4.69, 9.17) is 5.11 Å². The number of nitrogens with zero attached hydrogens (tertiary/aromatic N) is 2. The molecule has 6 nitrogen and oxygen atoms in total. The molecule has 1 atom stereocenters. The number of nitrogens with one attached hydrogen (secondary N) is 2. The molecule has 0 radical (unpaired) electrons. The Morgan fingerprint density at radius 2 is 1.94 bits per heavy atom. The molecule has 0 amide bonds. The van der Waals surface area contributed by atoms with Crippen LogP contribution in [0.25, 0.3) is 0 Å². The van der Waals surface area contributed by atoms with Crippen molar-refractivity contribution in [1.82, 2.24) is 9.97 Å². The maximum Gasteiger partial charge on any atom is 0.135 e. The van der Waals surface area contributed by atoms with Crippen LogP contribution in [-0.4, -0.2) is 46.5 Å². The molecule has 0 saturated carbocycles. The molecule has 96 valence electrons. The number of hydrogen-bond donors (Lipinski definition) is 4. The van der Waals surface area contributed by atoms with Crippen molar-refractivity contribution in [3.63, 3.8) is 0 Å². The molecule has 0 aliphatic rings. The van der Waals surface area contributed by atoms with Crippen LogP contribution in [0.4, 0.5) is 11.6 Å². The van der Waals surface area contributed by atoms with Crippen LogP contribution in [0.5, 0.6) is 0 Å². The molecule has 1 aromatic heterocycles. The van der Waals surface area contributed by atoms with Crippen molar-refractivity contribution in [2.24, 2.45) is 0 Å². The van der Waals surface area contributed by atoms with Crippen LogP contribution in [0.15, 0.2) is 6.07 Å². The summed E-state index contributed by atoms with van der Waals surface area (Å²) in [5.41, 5.74) is 0. The lowest BCUT2D eigenvalue weighted by molar-refractivity contribution is 0.105. The van der Waals surface area contributed by atoms with Gasteiger partial charge in [-0.05, 0) is 0 Å². The fourth-order valence-corrected chi connectivity index (χ4v) is 1.23. The summed E-state index contributed by atoms with van der Waals surface area (Å²) in [6, 6.07) is 1.76. The number of rotatable bonds is 6. The first-order chi connectivity index (χ1) is 8.06. The molecular weight excluding hydrogens is 220 g/mol. The predicted octanol–water partition coefficient (Wildman–Crippen LogP) is 0.407. The quantitative estimate of drug-likeness (QED) is 0.575. The van der Waals surface area contributed by atoms with Gasteiger partial charge in [0.25, 0.3) is 0 Å². The van der Waals surface area contributed by atoms with Gasteiger partial charge < -0.3 is 20.8 Å². The van der Waals surface area contributed by atoms with E-state index in [2.05, 4.69) is 20.6 Å². The predicted molar refractivity (Wildman–Crippen MR) is 67.3 cm³/mol. The van der Waals surface area contributed by atoms with Crippen LogP contribution < -0.4 is 10.6 Å². The normalized spacial score (nSPS) is 12.6. The van der Waals surface area contributed by atoms with Crippen LogP contribution in [0.1, 0.15) is 25.6 Å². The molecule has 1 heterocycles. The van der Waals surface area contributed by atoms with Gasteiger partial charge in [0.15, 0.2) is 0 Å². The minimum atomic E-state index is -0.787. The Labute approximate surface area is 101 Å². The molecule has 17 heavy (non-hydrogen) atoms. The molecule has 4 N–H and O–H groups in total. The minimum absolute atomic E-state index is 0.228.